The van der Waals surface area contributed by atoms with Gasteiger partial charge in [-0.2, -0.15) is 0 Å². The number of aromatic amines is 1. The van der Waals surface area contributed by atoms with Crippen LogP contribution in [0.25, 0.3) is 0 Å². The molecule has 0 radical (unpaired) electrons. The van der Waals surface area contributed by atoms with Gasteiger partial charge in [0.1, 0.15) is 11.5 Å². The average molecular weight is 235 g/mol. The number of hydrogen-bond acceptors (Lipinski definition) is 3. The molecule has 2 rings (SSSR count). The molecule has 0 spiro atoms. The van der Waals surface area contributed by atoms with Crippen molar-refractivity contribution in [2.75, 3.05) is 5.32 Å². The summed E-state index contributed by atoms with van der Waals surface area (Å²) in [7, 11) is 0. The van der Waals surface area contributed by atoms with Gasteiger partial charge in [-0.25, -0.2) is 4.39 Å². The van der Waals surface area contributed by atoms with Gasteiger partial charge >= 0.3 is 0 Å². The summed E-state index contributed by atoms with van der Waals surface area (Å²) in [5.74, 6) is -0.623. The Morgan fingerprint density at radius 3 is 2.88 bits per heavy atom. The van der Waals surface area contributed by atoms with E-state index >= 15 is 0 Å². The largest absolute Gasteiger partial charge is 0.374 e. The molecule has 0 aliphatic rings. The van der Waals surface area contributed by atoms with Crippen molar-refractivity contribution < 1.29 is 9.31 Å². The van der Waals surface area contributed by atoms with Crippen molar-refractivity contribution >= 4 is 11.4 Å². The summed E-state index contributed by atoms with van der Waals surface area (Å²) in [5, 5.41) is 13.6. The fourth-order valence-corrected chi connectivity index (χ4v) is 1.47. The summed E-state index contributed by atoms with van der Waals surface area (Å²) < 4.78 is 12.9. The molecule has 0 amide bonds. The number of nitrogens with one attached hydrogen (secondary N) is 2. The van der Waals surface area contributed by atoms with Gasteiger partial charge in [-0.05, 0) is 24.3 Å². The topological polar surface area (TPSA) is 71.0 Å². The second-order valence-electron chi connectivity index (χ2n) is 3.47. The molecule has 17 heavy (non-hydrogen) atoms. The Labute approximate surface area is 96.4 Å². The van der Waals surface area contributed by atoms with Crippen molar-refractivity contribution in [2.24, 2.45) is 0 Å². The summed E-state index contributed by atoms with van der Waals surface area (Å²) in [6.45, 7) is 0.416. The van der Waals surface area contributed by atoms with E-state index in [4.69, 9.17) is 0 Å². The number of benzene rings is 1. The van der Waals surface area contributed by atoms with Gasteiger partial charge in [0, 0.05) is 11.9 Å². The molecule has 2 N–H and O–H groups in total. The third-order valence-corrected chi connectivity index (χ3v) is 2.29. The van der Waals surface area contributed by atoms with Crippen molar-refractivity contribution in [1.82, 2.24) is 4.98 Å². The Kier molecular flexibility index (Phi) is 3.04. The van der Waals surface area contributed by atoms with E-state index in [2.05, 4.69) is 10.3 Å². The predicted octanol–water partition coefficient (Wildman–Crippen LogP) is 2.67. The highest BCUT2D eigenvalue weighted by Crippen LogP contribution is 2.25. The highest BCUT2D eigenvalue weighted by Gasteiger charge is 2.14. The third-order valence-electron chi connectivity index (χ3n) is 2.29. The Morgan fingerprint density at radius 1 is 1.41 bits per heavy atom. The van der Waals surface area contributed by atoms with Crippen LogP contribution >= 0.6 is 0 Å². The van der Waals surface area contributed by atoms with Crippen LogP contribution < -0.4 is 5.32 Å². The molecule has 0 saturated carbocycles. The molecule has 88 valence electrons. The summed E-state index contributed by atoms with van der Waals surface area (Å²) in [6.07, 6.45) is 1.76. The molecular formula is C11H10FN3O2. The summed E-state index contributed by atoms with van der Waals surface area (Å²) >= 11 is 0. The van der Waals surface area contributed by atoms with Crippen molar-refractivity contribution in [3.8, 4) is 0 Å². The zero-order valence-corrected chi connectivity index (χ0v) is 8.81. The van der Waals surface area contributed by atoms with Crippen molar-refractivity contribution in [1.29, 1.82) is 0 Å². The lowest BCUT2D eigenvalue weighted by Crippen LogP contribution is -2.03. The summed E-state index contributed by atoms with van der Waals surface area (Å²) in [4.78, 5) is 13.1. The molecule has 0 atom stereocenters. The first-order chi connectivity index (χ1) is 8.16. The lowest BCUT2D eigenvalue weighted by atomic mass is 10.2. The maximum atomic E-state index is 12.9. The molecule has 5 nitrogen and oxygen atoms in total. The number of nitro benzene ring substituents is 1. The van der Waals surface area contributed by atoms with E-state index in [0.717, 1.165) is 11.8 Å². The van der Waals surface area contributed by atoms with Crippen LogP contribution in [0.1, 0.15) is 5.69 Å². The maximum absolute atomic E-state index is 12.9. The molecule has 0 bridgehead atoms. The highest BCUT2D eigenvalue weighted by molar-refractivity contribution is 5.61. The van der Waals surface area contributed by atoms with Crippen LogP contribution in [0.3, 0.4) is 0 Å². The predicted molar refractivity (Wildman–Crippen MR) is 61.2 cm³/mol. The van der Waals surface area contributed by atoms with Crippen molar-refractivity contribution in [3.05, 3.63) is 58.2 Å². The van der Waals surface area contributed by atoms with Crippen LogP contribution in [0.2, 0.25) is 0 Å². The number of H-pyrrole nitrogens is 1. The summed E-state index contributed by atoms with van der Waals surface area (Å²) in [5.41, 5.74) is 0.922. The van der Waals surface area contributed by atoms with E-state index in [9.17, 15) is 14.5 Å². The van der Waals surface area contributed by atoms with Gasteiger partial charge in [0.15, 0.2) is 0 Å². The number of nitrogens with zero attached hydrogens (tertiary/aromatic N) is 1. The van der Waals surface area contributed by atoms with E-state index in [1.54, 1.807) is 6.20 Å². The molecule has 1 heterocycles. The second-order valence-corrected chi connectivity index (χ2v) is 3.47. The Hall–Kier alpha value is -2.37. The number of rotatable bonds is 4. The zero-order valence-electron chi connectivity index (χ0n) is 8.81. The lowest BCUT2D eigenvalue weighted by Gasteiger charge is -2.05. The van der Waals surface area contributed by atoms with Gasteiger partial charge in [-0.15, -0.1) is 0 Å². The fraction of sp³-hybridized carbons (Fsp3) is 0.0909. The standard InChI is InChI=1S/C11H10FN3O2/c12-8-3-4-10(11(6-8)15(16)17)14-7-9-2-1-5-13-9/h1-6,13-14H,7H2. The van der Waals surface area contributed by atoms with Crippen LogP contribution in [-0.4, -0.2) is 9.91 Å². The maximum Gasteiger partial charge on any atom is 0.295 e. The minimum Gasteiger partial charge on any atom is -0.374 e. The number of hydrogen-bond donors (Lipinski definition) is 2. The third kappa shape index (κ3) is 2.60. The van der Waals surface area contributed by atoms with Gasteiger partial charge in [0.05, 0.1) is 17.5 Å². The van der Waals surface area contributed by atoms with Crippen molar-refractivity contribution in [3.63, 3.8) is 0 Å². The van der Waals surface area contributed by atoms with E-state index in [1.807, 2.05) is 12.1 Å². The van der Waals surface area contributed by atoms with Gasteiger partial charge in [-0.3, -0.25) is 10.1 Å². The zero-order chi connectivity index (χ0) is 12.3. The first-order valence-electron chi connectivity index (χ1n) is 4.97. The minimum absolute atomic E-state index is 0.267. The highest BCUT2D eigenvalue weighted by atomic mass is 19.1. The Balaban J connectivity index is 2.17. The van der Waals surface area contributed by atoms with Gasteiger partial charge < -0.3 is 10.3 Å². The van der Waals surface area contributed by atoms with Crippen LogP contribution in [0, 0.1) is 15.9 Å². The molecule has 0 aliphatic heterocycles. The normalized spacial score (nSPS) is 10.2. The molecule has 1 aromatic carbocycles. The van der Waals surface area contributed by atoms with Gasteiger partial charge in [0.2, 0.25) is 0 Å². The first-order valence-corrected chi connectivity index (χ1v) is 4.97. The molecule has 2 aromatic rings. The molecule has 0 saturated heterocycles. The lowest BCUT2D eigenvalue weighted by molar-refractivity contribution is -0.384. The summed E-state index contributed by atoms with van der Waals surface area (Å²) in [6, 6.07) is 7.12. The number of anilines is 1. The van der Waals surface area contributed by atoms with Crippen molar-refractivity contribution in [2.45, 2.75) is 6.54 Å². The van der Waals surface area contributed by atoms with Gasteiger partial charge in [-0.1, -0.05) is 0 Å². The number of halogens is 1. The van der Waals surface area contributed by atoms with E-state index in [1.165, 1.54) is 12.1 Å². The molecule has 6 heteroatoms. The molecule has 0 aliphatic carbocycles. The van der Waals surface area contributed by atoms with Crippen LogP contribution in [0.15, 0.2) is 36.5 Å². The molecule has 1 aromatic heterocycles. The minimum atomic E-state index is -0.623. The Morgan fingerprint density at radius 2 is 2.24 bits per heavy atom. The first kappa shape index (κ1) is 11.1. The van der Waals surface area contributed by atoms with Crippen LogP contribution in [-0.2, 0) is 6.54 Å². The number of aromatic nitrogens is 1. The monoisotopic (exact) mass is 235 g/mol. The average Bonchev–Trinajstić information content (AvgIpc) is 2.80. The molecule has 0 unspecified atom stereocenters. The molecular weight excluding hydrogens is 225 g/mol. The molecule has 0 fully saturated rings. The number of nitro groups is 1. The van der Waals surface area contributed by atoms with E-state index in [-0.39, 0.29) is 5.69 Å². The second kappa shape index (κ2) is 4.65. The quantitative estimate of drug-likeness (QED) is 0.632. The SMILES string of the molecule is O=[N+]([O-])c1cc(F)ccc1NCc1ccc[nH]1. The van der Waals surface area contributed by atoms with Crippen LogP contribution in [0.4, 0.5) is 15.8 Å². The fourth-order valence-electron chi connectivity index (χ4n) is 1.47. The van der Waals surface area contributed by atoms with E-state index < -0.39 is 10.7 Å². The van der Waals surface area contributed by atoms with Crippen LogP contribution in [0.5, 0.6) is 0 Å². The van der Waals surface area contributed by atoms with E-state index in [0.29, 0.717) is 12.2 Å². The smallest absolute Gasteiger partial charge is 0.295 e. The van der Waals surface area contributed by atoms with Gasteiger partial charge in [0.25, 0.3) is 5.69 Å². The Bertz CT molecular complexity index is 526.